The molecule has 0 aliphatic carbocycles. The van der Waals surface area contributed by atoms with Crippen LogP contribution in [0.15, 0.2) is 60.9 Å². The molecule has 1 N–H and O–H groups in total. The van der Waals surface area contributed by atoms with E-state index in [1.165, 1.54) is 0 Å². The van der Waals surface area contributed by atoms with Gasteiger partial charge in [-0.25, -0.2) is 4.98 Å². The summed E-state index contributed by atoms with van der Waals surface area (Å²) in [6, 6.07) is 15.9. The van der Waals surface area contributed by atoms with Crippen molar-refractivity contribution >= 4 is 17.3 Å². The third-order valence-corrected chi connectivity index (χ3v) is 3.78. The number of carbonyl (C=O) groups excluding carboxylic acids is 1. The topological polar surface area (TPSA) is 54.9 Å². The van der Waals surface area contributed by atoms with Gasteiger partial charge in [-0.1, -0.05) is 30.3 Å². The molecule has 1 heterocycles. The van der Waals surface area contributed by atoms with Gasteiger partial charge in [-0.05, 0) is 43.2 Å². The fraction of sp³-hybridized carbons (Fsp3) is 0.150. The lowest BCUT2D eigenvalue weighted by Gasteiger charge is -2.08. The highest BCUT2D eigenvalue weighted by atomic mass is 16.1. The number of nitrogens with one attached hydrogen (secondary N) is 1. The van der Waals surface area contributed by atoms with E-state index in [1.807, 2.05) is 55.5 Å². The van der Waals surface area contributed by atoms with E-state index in [2.05, 4.69) is 15.3 Å². The molecule has 4 nitrogen and oxygen atoms in total. The third kappa shape index (κ3) is 3.84. The van der Waals surface area contributed by atoms with Crippen LogP contribution in [0.25, 0.3) is 11.3 Å². The van der Waals surface area contributed by atoms with Gasteiger partial charge in [0.1, 0.15) is 11.6 Å². The normalized spacial score (nSPS) is 10.4. The molecular weight excluding hydrogens is 298 g/mol. The molecule has 2 aromatic carbocycles. The van der Waals surface area contributed by atoms with E-state index < -0.39 is 0 Å². The predicted molar refractivity (Wildman–Crippen MR) is 96.3 cm³/mol. The SMILES string of the molecule is CC(=O)Cc1ccc(-c2cnc(Nc3ccccc3)cn2)cc1C. The lowest BCUT2D eigenvalue weighted by atomic mass is 10.00. The second-order valence-electron chi connectivity index (χ2n) is 5.80. The van der Waals surface area contributed by atoms with Crippen LogP contribution in [0.2, 0.25) is 0 Å². The van der Waals surface area contributed by atoms with Crippen molar-refractivity contribution in [3.05, 3.63) is 72.1 Å². The van der Waals surface area contributed by atoms with E-state index in [4.69, 9.17) is 0 Å². The van der Waals surface area contributed by atoms with Gasteiger partial charge in [-0.3, -0.25) is 9.78 Å². The number of rotatable bonds is 5. The molecule has 3 rings (SSSR count). The largest absolute Gasteiger partial charge is 0.339 e. The molecule has 0 unspecified atom stereocenters. The zero-order chi connectivity index (χ0) is 16.9. The number of anilines is 2. The lowest BCUT2D eigenvalue weighted by Crippen LogP contribution is -1.99. The van der Waals surface area contributed by atoms with E-state index in [0.717, 1.165) is 28.1 Å². The van der Waals surface area contributed by atoms with Crippen molar-refractivity contribution in [1.29, 1.82) is 0 Å². The Morgan fingerprint density at radius 1 is 1.04 bits per heavy atom. The number of benzene rings is 2. The van der Waals surface area contributed by atoms with Gasteiger partial charge in [0.2, 0.25) is 0 Å². The van der Waals surface area contributed by atoms with E-state index in [0.29, 0.717) is 12.2 Å². The third-order valence-electron chi connectivity index (χ3n) is 3.78. The van der Waals surface area contributed by atoms with Crippen LogP contribution >= 0.6 is 0 Å². The van der Waals surface area contributed by atoms with Gasteiger partial charge in [0.25, 0.3) is 0 Å². The number of carbonyl (C=O) groups is 1. The van der Waals surface area contributed by atoms with Crippen molar-refractivity contribution in [3.63, 3.8) is 0 Å². The Labute approximate surface area is 141 Å². The zero-order valence-electron chi connectivity index (χ0n) is 13.8. The molecule has 0 spiro atoms. The summed E-state index contributed by atoms with van der Waals surface area (Å²) < 4.78 is 0. The Morgan fingerprint density at radius 2 is 1.83 bits per heavy atom. The first-order valence-corrected chi connectivity index (χ1v) is 7.85. The number of hydrogen-bond acceptors (Lipinski definition) is 4. The summed E-state index contributed by atoms with van der Waals surface area (Å²) in [6.07, 6.45) is 3.95. The van der Waals surface area contributed by atoms with Gasteiger partial charge in [0, 0.05) is 17.7 Å². The Bertz CT molecular complexity index is 843. The van der Waals surface area contributed by atoms with Gasteiger partial charge in [-0.2, -0.15) is 0 Å². The molecule has 4 heteroatoms. The maximum Gasteiger partial charge on any atom is 0.148 e. The van der Waals surface area contributed by atoms with Gasteiger partial charge in [0.15, 0.2) is 0 Å². The quantitative estimate of drug-likeness (QED) is 0.761. The molecule has 0 aliphatic rings. The highest BCUT2D eigenvalue weighted by Crippen LogP contribution is 2.22. The minimum atomic E-state index is 0.169. The summed E-state index contributed by atoms with van der Waals surface area (Å²) in [5, 5.41) is 3.21. The monoisotopic (exact) mass is 317 g/mol. The minimum Gasteiger partial charge on any atom is -0.339 e. The molecule has 0 aliphatic heterocycles. The van der Waals surface area contributed by atoms with Gasteiger partial charge in [0.05, 0.1) is 18.1 Å². The number of para-hydroxylation sites is 1. The van der Waals surface area contributed by atoms with Crippen LogP contribution in [-0.2, 0) is 11.2 Å². The molecule has 3 aromatic rings. The smallest absolute Gasteiger partial charge is 0.148 e. The second-order valence-corrected chi connectivity index (χ2v) is 5.80. The zero-order valence-corrected chi connectivity index (χ0v) is 13.8. The first kappa shape index (κ1) is 15.9. The average Bonchev–Trinajstić information content (AvgIpc) is 2.58. The van der Waals surface area contributed by atoms with Crippen molar-refractivity contribution in [2.75, 3.05) is 5.32 Å². The maximum absolute atomic E-state index is 11.3. The standard InChI is InChI=1S/C20H19N3O/c1-14-10-17(9-8-16(14)11-15(2)24)19-12-22-20(13-21-19)23-18-6-4-3-5-7-18/h3-10,12-13H,11H2,1-2H3,(H,22,23). The number of ketones is 1. The summed E-state index contributed by atoms with van der Waals surface area (Å²) >= 11 is 0. The first-order valence-electron chi connectivity index (χ1n) is 7.85. The molecule has 120 valence electrons. The molecule has 0 atom stereocenters. The first-order chi connectivity index (χ1) is 11.6. The fourth-order valence-electron chi connectivity index (χ4n) is 2.53. The average molecular weight is 317 g/mol. The van der Waals surface area contributed by atoms with Crippen molar-refractivity contribution in [2.24, 2.45) is 0 Å². The highest BCUT2D eigenvalue weighted by molar-refractivity contribution is 5.79. The van der Waals surface area contributed by atoms with Gasteiger partial charge < -0.3 is 5.32 Å². The number of nitrogens with zero attached hydrogens (tertiary/aromatic N) is 2. The Hall–Kier alpha value is -3.01. The maximum atomic E-state index is 11.3. The summed E-state index contributed by atoms with van der Waals surface area (Å²) in [5.41, 5.74) is 4.94. The summed E-state index contributed by atoms with van der Waals surface area (Å²) in [5.74, 6) is 0.872. The molecule has 0 saturated heterocycles. The second kappa shape index (κ2) is 7.04. The number of Topliss-reactive ketones (excluding diaryl/α,β-unsaturated/α-hetero) is 1. The number of hydrogen-bond donors (Lipinski definition) is 1. The summed E-state index contributed by atoms with van der Waals surface area (Å²) in [7, 11) is 0. The van der Waals surface area contributed by atoms with E-state index in [1.54, 1.807) is 19.3 Å². The molecule has 0 saturated carbocycles. The van der Waals surface area contributed by atoms with Crippen LogP contribution in [0.1, 0.15) is 18.1 Å². The van der Waals surface area contributed by atoms with E-state index in [-0.39, 0.29) is 5.78 Å². The van der Waals surface area contributed by atoms with Crippen molar-refractivity contribution in [2.45, 2.75) is 20.3 Å². The predicted octanol–water partition coefficient (Wildman–Crippen LogP) is 4.33. The van der Waals surface area contributed by atoms with Crippen LogP contribution in [0, 0.1) is 6.92 Å². The molecule has 0 amide bonds. The molecule has 0 fully saturated rings. The number of aryl methyl sites for hydroxylation is 1. The van der Waals surface area contributed by atoms with Gasteiger partial charge in [-0.15, -0.1) is 0 Å². The highest BCUT2D eigenvalue weighted by Gasteiger charge is 2.06. The summed E-state index contributed by atoms with van der Waals surface area (Å²) in [4.78, 5) is 20.2. The molecular formula is C20H19N3O. The molecule has 0 bridgehead atoms. The van der Waals surface area contributed by atoms with Crippen LogP contribution < -0.4 is 5.32 Å². The van der Waals surface area contributed by atoms with E-state index >= 15 is 0 Å². The van der Waals surface area contributed by atoms with Crippen molar-refractivity contribution in [3.8, 4) is 11.3 Å². The Kier molecular flexibility index (Phi) is 4.66. The minimum absolute atomic E-state index is 0.169. The lowest BCUT2D eigenvalue weighted by molar-refractivity contribution is -0.116. The van der Waals surface area contributed by atoms with Crippen LogP contribution in [0.3, 0.4) is 0 Å². The summed E-state index contributed by atoms with van der Waals surface area (Å²) in [6.45, 7) is 3.62. The Balaban J connectivity index is 1.78. The van der Waals surface area contributed by atoms with Crippen LogP contribution in [-0.4, -0.2) is 15.8 Å². The van der Waals surface area contributed by atoms with Crippen molar-refractivity contribution < 1.29 is 4.79 Å². The Morgan fingerprint density at radius 3 is 2.46 bits per heavy atom. The van der Waals surface area contributed by atoms with Crippen LogP contribution in [0.4, 0.5) is 11.5 Å². The van der Waals surface area contributed by atoms with Crippen molar-refractivity contribution in [1.82, 2.24) is 9.97 Å². The molecule has 1 aromatic heterocycles. The molecule has 24 heavy (non-hydrogen) atoms. The number of aromatic nitrogens is 2. The van der Waals surface area contributed by atoms with E-state index in [9.17, 15) is 4.79 Å². The van der Waals surface area contributed by atoms with Gasteiger partial charge >= 0.3 is 0 Å². The molecule has 0 radical (unpaired) electrons. The van der Waals surface area contributed by atoms with Crippen LogP contribution in [0.5, 0.6) is 0 Å². The fourth-order valence-corrected chi connectivity index (χ4v) is 2.53.